The van der Waals surface area contributed by atoms with Gasteiger partial charge in [-0.15, -0.1) is 10.2 Å². The van der Waals surface area contributed by atoms with E-state index in [0.29, 0.717) is 24.9 Å². The molecule has 2 heterocycles. The van der Waals surface area contributed by atoms with Gasteiger partial charge in [-0.2, -0.15) is 0 Å². The van der Waals surface area contributed by atoms with E-state index in [0.717, 1.165) is 18.5 Å². The van der Waals surface area contributed by atoms with Gasteiger partial charge in [-0.05, 0) is 25.5 Å². The molecule has 0 saturated carbocycles. The Balaban J connectivity index is 1.71. The molecule has 1 aliphatic rings. The number of aliphatic hydroxyl groups is 1. The summed E-state index contributed by atoms with van der Waals surface area (Å²) in [7, 11) is 0. The molecule has 0 bridgehead atoms. The predicted molar refractivity (Wildman–Crippen MR) is 70.4 cm³/mol. The molecule has 100 valence electrons. The molecular formula is C14H17N3O2. The van der Waals surface area contributed by atoms with Crippen LogP contribution in [0.5, 0.6) is 0 Å². The molecule has 0 unspecified atom stereocenters. The Kier molecular flexibility index (Phi) is 3.31. The number of β-amino-alcohol motifs (C(OH)–C–C–N with tert-alkyl or cyclic N) is 1. The molecule has 3 rings (SSSR count). The third-order valence-corrected chi connectivity index (χ3v) is 3.37. The minimum Gasteiger partial charge on any atom is -0.419 e. The fourth-order valence-electron chi connectivity index (χ4n) is 2.28. The Morgan fingerprint density at radius 3 is 2.79 bits per heavy atom. The van der Waals surface area contributed by atoms with Crippen LogP contribution in [0, 0.1) is 6.92 Å². The van der Waals surface area contributed by atoms with E-state index in [2.05, 4.69) is 15.1 Å². The van der Waals surface area contributed by atoms with Crippen LogP contribution in [-0.4, -0.2) is 39.4 Å². The zero-order valence-electron chi connectivity index (χ0n) is 10.9. The highest BCUT2D eigenvalue weighted by Crippen LogP contribution is 2.19. The van der Waals surface area contributed by atoms with Crippen LogP contribution < -0.4 is 0 Å². The molecule has 0 spiro atoms. The summed E-state index contributed by atoms with van der Waals surface area (Å²) in [6, 6.07) is 8.00. The number of aliphatic hydroxyl groups excluding tert-OH is 1. The highest BCUT2D eigenvalue weighted by molar-refractivity contribution is 5.52. The molecule has 1 aliphatic heterocycles. The second kappa shape index (κ2) is 5.11. The molecule has 1 N–H and O–H groups in total. The summed E-state index contributed by atoms with van der Waals surface area (Å²) in [5.41, 5.74) is 2.14. The third-order valence-electron chi connectivity index (χ3n) is 3.37. The van der Waals surface area contributed by atoms with Gasteiger partial charge < -0.3 is 9.52 Å². The van der Waals surface area contributed by atoms with Crippen LogP contribution in [-0.2, 0) is 6.54 Å². The Morgan fingerprint density at radius 2 is 2.11 bits per heavy atom. The van der Waals surface area contributed by atoms with Gasteiger partial charge in [0.1, 0.15) is 0 Å². The van der Waals surface area contributed by atoms with E-state index < -0.39 is 0 Å². The maximum Gasteiger partial charge on any atom is 0.247 e. The van der Waals surface area contributed by atoms with Gasteiger partial charge in [0, 0.05) is 18.7 Å². The molecule has 0 aliphatic carbocycles. The SMILES string of the molecule is Cc1ccc(-c2nnc(CN3CC[C@@H](O)C3)o2)cc1. The highest BCUT2D eigenvalue weighted by atomic mass is 16.4. The van der Waals surface area contributed by atoms with Crippen LogP contribution >= 0.6 is 0 Å². The zero-order chi connectivity index (χ0) is 13.2. The number of hydrogen-bond donors (Lipinski definition) is 1. The number of hydrogen-bond acceptors (Lipinski definition) is 5. The molecular weight excluding hydrogens is 242 g/mol. The summed E-state index contributed by atoms with van der Waals surface area (Å²) in [5, 5.41) is 17.6. The lowest BCUT2D eigenvalue weighted by Gasteiger charge is -2.10. The zero-order valence-corrected chi connectivity index (χ0v) is 10.9. The van der Waals surface area contributed by atoms with E-state index in [4.69, 9.17) is 4.42 Å². The van der Waals surface area contributed by atoms with Gasteiger partial charge in [-0.25, -0.2) is 0 Å². The number of likely N-dealkylation sites (tertiary alicyclic amines) is 1. The summed E-state index contributed by atoms with van der Waals surface area (Å²) in [6.07, 6.45) is 0.596. The Bertz CT molecular complexity index is 550. The second-order valence-electron chi connectivity index (χ2n) is 5.04. The lowest BCUT2D eigenvalue weighted by molar-refractivity contribution is 0.171. The molecule has 1 atom stereocenters. The number of rotatable bonds is 3. The molecule has 1 aromatic heterocycles. The van der Waals surface area contributed by atoms with Crippen molar-refractivity contribution in [1.82, 2.24) is 15.1 Å². The van der Waals surface area contributed by atoms with Gasteiger partial charge in [0.05, 0.1) is 12.6 Å². The molecule has 1 saturated heterocycles. The smallest absolute Gasteiger partial charge is 0.247 e. The lowest BCUT2D eigenvalue weighted by atomic mass is 10.1. The van der Waals surface area contributed by atoms with Gasteiger partial charge in [-0.1, -0.05) is 17.7 Å². The van der Waals surface area contributed by atoms with E-state index in [1.807, 2.05) is 31.2 Å². The van der Waals surface area contributed by atoms with Crippen molar-refractivity contribution in [1.29, 1.82) is 0 Å². The van der Waals surface area contributed by atoms with Crippen molar-refractivity contribution in [2.75, 3.05) is 13.1 Å². The lowest BCUT2D eigenvalue weighted by Crippen LogP contribution is -2.21. The van der Waals surface area contributed by atoms with Crippen LogP contribution in [0.15, 0.2) is 28.7 Å². The molecule has 19 heavy (non-hydrogen) atoms. The fraction of sp³-hybridized carbons (Fsp3) is 0.429. The van der Waals surface area contributed by atoms with Crippen molar-refractivity contribution in [2.24, 2.45) is 0 Å². The average Bonchev–Trinajstić information content (AvgIpc) is 3.00. The number of nitrogens with zero attached hydrogens (tertiary/aromatic N) is 3. The van der Waals surface area contributed by atoms with E-state index in [1.54, 1.807) is 0 Å². The summed E-state index contributed by atoms with van der Waals surface area (Å²) in [5.74, 6) is 1.15. The van der Waals surface area contributed by atoms with Crippen LogP contribution in [0.1, 0.15) is 17.9 Å². The van der Waals surface area contributed by atoms with Crippen molar-refractivity contribution < 1.29 is 9.52 Å². The van der Waals surface area contributed by atoms with Crippen LogP contribution in [0.3, 0.4) is 0 Å². The summed E-state index contributed by atoms with van der Waals surface area (Å²) in [4.78, 5) is 2.12. The van der Waals surface area contributed by atoms with Gasteiger partial charge >= 0.3 is 0 Å². The Morgan fingerprint density at radius 1 is 1.32 bits per heavy atom. The fourth-order valence-corrected chi connectivity index (χ4v) is 2.28. The van der Waals surface area contributed by atoms with Crippen molar-refractivity contribution in [3.8, 4) is 11.5 Å². The summed E-state index contributed by atoms with van der Waals surface area (Å²) in [6.45, 7) is 4.21. The predicted octanol–water partition coefficient (Wildman–Crippen LogP) is 1.61. The van der Waals surface area contributed by atoms with E-state index >= 15 is 0 Å². The minimum atomic E-state index is -0.223. The molecule has 1 aromatic carbocycles. The van der Waals surface area contributed by atoms with Crippen molar-refractivity contribution >= 4 is 0 Å². The first-order valence-corrected chi connectivity index (χ1v) is 6.50. The van der Waals surface area contributed by atoms with Crippen LogP contribution in [0.25, 0.3) is 11.5 Å². The topological polar surface area (TPSA) is 62.4 Å². The second-order valence-corrected chi connectivity index (χ2v) is 5.04. The van der Waals surface area contributed by atoms with Crippen LogP contribution in [0.2, 0.25) is 0 Å². The van der Waals surface area contributed by atoms with Crippen LogP contribution in [0.4, 0.5) is 0 Å². The summed E-state index contributed by atoms with van der Waals surface area (Å²) >= 11 is 0. The molecule has 0 amide bonds. The van der Waals surface area contributed by atoms with Crippen molar-refractivity contribution in [2.45, 2.75) is 26.0 Å². The van der Waals surface area contributed by atoms with Gasteiger partial charge in [-0.3, -0.25) is 4.90 Å². The molecule has 2 aromatic rings. The standard InChI is InChI=1S/C14H17N3O2/c1-10-2-4-11(5-3-10)14-16-15-13(19-14)9-17-7-6-12(18)8-17/h2-5,12,18H,6-9H2,1H3/t12-/m1/s1. The molecule has 5 nitrogen and oxygen atoms in total. The largest absolute Gasteiger partial charge is 0.419 e. The molecule has 0 radical (unpaired) electrons. The molecule has 1 fully saturated rings. The first-order chi connectivity index (χ1) is 9.20. The minimum absolute atomic E-state index is 0.223. The number of aryl methyl sites for hydroxylation is 1. The first kappa shape index (κ1) is 12.3. The highest BCUT2D eigenvalue weighted by Gasteiger charge is 2.22. The van der Waals surface area contributed by atoms with Gasteiger partial charge in [0.2, 0.25) is 11.8 Å². The van der Waals surface area contributed by atoms with E-state index in [1.165, 1.54) is 5.56 Å². The third kappa shape index (κ3) is 2.83. The number of benzene rings is 1. The van der Waals surface area contributed by atoms with Crippen molar-refractivity contribution in [3.05, 3.63) is 35.7 Å². The first-order valence-electron chi connectivity index (χ1n) is 6.50. The average molecular weight is 259 g/mol. The Hall–Kier alpha value is -1.72. The molecule has 5 heteroatoms. The number of aromatic nitrogens is 2. The van der Waals surface area contributed by atoms with Gasteiger partial charge in [0.15, 0.2) is 0 Å². The quantitative estimate of drug-likeness (QED) is 0.907. The van der Waals surface area contributed by atoms with E-state index in [9.17, 15) is 5.11 Å². The Labute approximate surface area is 111 Å². The van der Waals surface area contributed by atoms with Crippen molar-refractivity contribution in [3.63, 3.8) is 0 Å². The maximum absolute atomic E-state index is 9.48. The monoisotopic (exact) mass is 259 g/mol. The normalized spacial score (nSPS) is 20.0. The summed E-state index contributed by atoms with van der Waals surface area (Å²) < 4.78 is 5.66. The van der Waals surface area contributed by atoms with E-state index in [-0.39, 0.29) is 6.10 Å². The maximum atomic E-state index is 9.48. The van der Waals surface area contributed by atoms with Gasteiger partial charge in [0.25, 0.3) is 0 Å².